The molecule has 26 heavy (non-hydrogen) atoms. The fourth-order valence-electron chi connectivity index (χ4n) is 2.12. The summed E-state index contributed by atoms with van der Waals surface area (Å²) in [5, 5.41) is 8.12. The zero-order chi connectivity index (χ0) is 18.4. The first-order valence-electron chi connectivity index (χ1n) is 7.66. The summed E-state index contributed by atoms with van der Waals surface area (Å²) in [6.45, 7) is 0. The van der Waals surface area contributed by atoms with Crippen molar-refractivity contribution in [2.45, 2.75) is 0 Å². The van der Waals surface area contributed by atoms with Crippen molar-refractivity contribution in [1.82, 2.24) is 10.3 Å². The van der Waals surface area contributed by atoms with Crippen LogP contribution in [0.1, 0.15) is 15.9 Å². The number of thiazole rings is 1. The topological polar surface area (TPSA) is 71.1 Å². The second-order valence-electron chi connectivity index (χ2n) is 5.22. The third-order valence-corrected chi connectivity index (χ3v) is 4.30. The number of hydrogen-bond donors (Lipinski definition) is 2. The van der Waals surface area contributed by atoms with E-state index in [0.29, 0.717) is 15.7 Å². The zero-order valence-corrected chi connectivity index (χ0v) is 15.1. The molecule has 2 amide bonds. The van der Waals surface area contributed by atoms with Gasteiger partial charge < -0.3 is 5.32 Å². The Kier molecular flexibility index (Phi) is 5.78. The van der Waals surface area contributed by atoms with Gasteiger partial charge in [-0.05, 0) is 35.9 Å². The molecule has 1 heterocycles. The van der Waals surface area contributed by atoms with Crippen molar-refractivity contribution in [3.8, 4) is 0 Å². The fourth-order valence-corrected chi connectivity index (χ4v) is 2.77. The maximum atomic E-state index is 12.6. The number of benzene rings is 2. The van der Waals surface area contributed by atoms with E-state index in [2.05, 4.69) is 15.6 Å². The molecule has 3 rings (SSSR count). The first kappa shape index (κ1) is 17.8. The molecule has 0 bridgehead atoms. The molecule has 2 aromatic carbocycles. The van der Waals surface area contributed by atoms with Crippen LogP contribution in [0, 0.1) is 0 Å². The van der Waals surface area contributed by atoms with Crippen molar-refractivity contribution in [3.05, 3.63) is 88.0 Å². The zero-order valence-electron chi connectivity index (χ0n) is 13.5. The fraction of sp³-hybridized carbons (Fsp3) is 0. The normalized spacial score (nSPS) is 11.0. The van der Waals surface area contributed by atoms with E-state index < -0.39 is 5.91 Å². The predicted molar refractivity (Wildman–Crippen MR) is 104 cm³/mol. The second-order valence-corrected chi connectivity index (χ2v) is 6.55. The van der Waals surface area contributed by atoms with E-state index in [1.165, 1.54) is 11.3 Å². The molecule has 3 aromatic rings. The van der Waals surface area contributed by atoms with E-state index in [9.17, 15) is 9.59 Å². The Hall–Kier alpha value is -2.96. The van der Waals surface area contributed by atoms with Crippen molar-refractivity contribution in [1.29, 1.82) is 0 Å². The van der Waals surface area contributed by atoms with E-state index in [0.717, 1.165) is 5.56 Å². The average molecular weight is 384 g/mol. The van der Waals surface area contributed by atoms with Gasteiger partial charge in [0.2, 0.25) is 0 Å². The van der Waals surface area contributed by atoms with Gasteiger partial charge in [0.05, 0.1) is 0 Å². The van der Waals surface area contributed by atoms with Gasteiger partial charge in [0, 0.05) is 22.2 Å². The number of amides is 2. The predicted octanol–water partition coefficient (Wildman–Crippen LogP) is 4.21. The molecule has 7 heteroatoms. The molecule has 0 fully saturated rings. The highest BCUT2D eigenvalue weighted by molar-refractivity contribution is 7.13. The van der Waals surface area contributed by atoms with Gasteiger partial charge in [-0.15, -0.1) is 11.3 Å². The maximum Gasteiger partial charge on any atom is 0.273 e. The molecule has 0 aliphatic heterocycles. The minimum atomic E-state index is -0.459. The molecule has 1 aromatic heterocycles. The molecule has 2 N–H and O–H groups in total. The average Bonchev–Trinajstić information content (AvgIpc) is 3.16. The van der Waals surface area contributed by atoms with Gasteiger partial charge in [-0.2, -0.15) is 0 Å². The van der Waals surface area contributed by atoms with Crippen LogP contribution in [0.2, 0.25) is 5.02 Å². The number of anilines is 1. The standard InChI is InChI=1S/C19H14ClN3O2S/c20-15-8-6-13(7-9-15)12-16(18(25)23-19-21-10-11-26-19)22-17(24)14-4-2-1-3-5-14/h1-12H,(H,22,24)(H,21,23,25). The first-order chi connectivity index (χ1) is 12.6. The van der Waals surface area contributed by atoms with Crippen LogP contribution in [0.3, 0.4) is 0 Å². The van der Waals surface area contributed by atoms with Crippen LogP contribution in [0.4, 0.5) is 5.13 Å². The summed E-state index contributed by atoms with van der Waals surface area (Å²) in [5.74, 6) is -0.834. The van der Waals surface area contributed by atoms with E-state index in [-0.39, 0.29) is 11.6 Å². The summed E-state index contributed by atoms with van der Waals surface area (Å²) < 4.78 is 0. The van der Waals surface area contributed by atoms with Crippen molar-refractivity contribution < 1.29 is 9.59 Å². The quantitative estimate of drug-likeness (QED) is 0.648. The molecule has 0 aliphatic rings. The van der Waals surface area contributed by atoms with Gasteiger partial charge in [-0.1, -0.05) is 41.9 Å². The third-order valence-electron chi connectivity index (χ3n) is 3.36. The minimum Gasteiger partial charge on any atom is -0.317 e. The largest absolute Gasteiger partial charge is 0.317 e. The molecule has 130 valence electrons. The summed E-state index contributed by atoms with van der Waals surface area (Å²) in [6, 6.07) is 15.6. The van der Waals surface area contributed by atoms with Crippen LogP contribution in [-0.4, -0.2) is 16.8 Å². The molecule has 0 atom stereocenters. The Morgan fingerprint density at radius 2 is 1.77 bits per heavy atom. The summed E-state index contributed by atoms with van der Waals surface area (Å²) in [4.78, 5) is 29.1. The highest BCUT2D eigenvalue weighted by Crippen LogP contribution is 2.15. The number of hydrogen-bond acceptors (Lipinski definition) is 4. The van der Waals surface area contributed by atoms with Gasteiger partial charge in [0.1, 0.15) is 5.70 Å². The lowest BCUT2D eigenvalue weighted by Gasteiger charge is -2.10. The Balaban J connectivity index is 1.86. The molecular weight excluding hydrogens is 370 g/mol. The van der Waals surface area contributed by atoms with Crippen molar-refractivity contribution >= 4 is 46.0 Å². The highest BCUT2D eigenvalue weighted by Gasteiger charge is 2.15. The highest BCUT2D eigenvalue weighted by atomic mass is 35.5. The molecular formula is C19H14ClN3O2S. The van der Waals surface area contributed by atoms with Gasteiger partial charge >= 0.3 is 0 Å². The lowest BCUT2D eigenvalue weighted by atomic mass is 10.1. The van der Waals surface area contributed by atoms with E-state index in [1.54, 1.807) is 66.2 Å². The van der Waals surface area contributed by atoms with Gasteiger partial charge in [-0.3, -0.25) is 14.9 Å². The van der Waals surface area contributed by atoms with Crippen LogP contribution < -0.4 is 10.6 Å². The molecule has 0 radical (unpaired) electrons. The van der Waals surface area contributed by atoms with Gasteiger partial charge in [0.15, 0.2) is 5.13 Å². The van der Waals surface area contributed by atoms with Gasteiger partial charge in [0.25, 0.3) is 11.8 Å². The second kappa shape index (κ2) is 8.42. The van der Waals surface area contributed by atoms with Crippen LogP contribution in [0.15, 0.2) is 71.9 Å². The lowest BCUT2D eigenvalue weighted by molar-refractivity contribution is -0.113. The van der Waals surface area contributed by atoms with E-state index in [1.807, 2.05) is 6.07 Å². The number of nitrogens with zero attached hydrogens (tertiary/aromatic N) is 1. The number of carbonyl (C=O) groups is 2. The summed E-state index contributed by atoms with van der Waals surface area (Å²) in [6.07, 6.45) is 3.17. The van der Waals surface area contributed by atoms with Gasteiger partial charge in [-0.25, -0.2) is 4.98 Å². The molecule has 0 unspecified atom stereocenters. The number of rotatable bonds is 5. The summed E-state index contributed by atoms with van der Waals surface area (Å²) in [5.41, 5.74) is 1.29. The van der Waals surface area contributed by atoms with Crippen molar-refractivity contribution in [2.75, 3.05) is 5.32 Å². The number of aromatic nitrogens is 1. The number of nitrogens with one attached hydrogen (secondary N) is 2. The Bertz CT molecular complexity index is 923. The number of halogens is 1. The van der Waals surface area contributed by atoms with Crippen LogP contribution >= 0.6 is 22.9 Å². The van der Waals surface area contributed by atoms with Crippen molar-refractivity contribution in [2.24, 2.45) is 0 Å². The molecule has 0 aliphatic carbocycles. The monoisotopic (exact) mass is 383 g/mol. The third kappa shape index (κ3) is 4.78. The summed E-state index contributed by atoms with van der Waals surface area (Å²) in [7, 11) is 0. The van der Waals surface area contributed by atoms with Crippen LogP contribution in [0.5, 0.6) is 0 Å². The van der Waals surface area contributed by atoms with E-state index in [4.69, 9.17) is 11.6 Å². The Labute approximate surface area is 159 Å². The van der Waals surface area contributed by atoms with E-state index >= 15 is 0 Å². The number of carbonyl (C=O) groups excluding carboxylic acids is 2. The summed E-state index contributed by atoms with van der Waals surface area (Å²) >= 11 is 7.19. The Morgan fingerprint density at radius 3 is 2.42 bits per heavy atom. The molecule has 5 nitrogen and oxygen atoms in total. The molecule has 0 spiro atoms. The molecule has 0 saturated heterocycles. The SMILES string of the molecule is O=C(Nc1nccs1)C(=Cc1ccc(Cl)cc1)NC(=O)c1ccccc1. The maximum absolute atomic E-state index is 12.6. The minimum absolute atomic E-state index is 0.108. The first-order valence-corrected chi connectivity index (χ1v) is 8.92. The molecule has 0 saturated carbocycles. The van der Waals surface area contributed by atoms with Crippen molar-refractivity contribution in [3.63, 3.8) is 0 Å². The lowest BCUT2D eigenvalue weighted by Crippen LogP contribution is -2.30. The Morgan fingerprint density at radius 1 is 1.04 bits per heavy atom. The van der Waals surface area contributed by atoms with Crippen LogP contribution in [-0.2, 0) is 4.79 Å². The van der Waals surface area contributed by atoms with Crippen LogP contribution in [0.25, 0.3) is 6.08 Å². The smallest absolute Gasteiger partial charge is 0.273 e.